The molecule has 3 aromatic rings. The number of hydrogen-bond acceptors (Lipinski definition) is 5. The van der Waals surface area contributed by atoms with Crippen LogP contribution in [0.25, 0.3) is 11.1 Å². The summed E-state index contributed by atoms with van der Waals surface area (Å²) in [6.07, 6.45) is -2.02. The first-order valence-corrected chi connectivity index (χ1v) is 12.2. The lowest BCUT2D eigenvalue weighted by Gasteiger charge is -2.24. The summed E-state index contributed by atoms with van der Waals surface area (Å²) in [5, 5.41) is 0. The van der Waals surface area contributed by atoms with Crippen molar-refractivity contribution < 1.29 is 36.9 Å². The number of amides is 1. The Morgan fingerprint density at radius 3 is 2.54 bits per heavy atom. The lowest BCUT2D eigenvalue weighted by Crippen LogP contribution is -2.43. The fourth-order valence-electron chi connectivity index (χ4n) is 5.53. The minimum Gasteiger partial charge on any atom is -0.491 e. The molecule has 3 aliphatic heterocycles. The number of anilines is 1. The quantitative estimate of drug-likeness (QED) is 0.369. The third kappa shape index (κ3) is 3.75. The van der Waals surface area contributed by atoms with Crippen LogP contribution in [0, 0.1) is 0 Å². The highest BCUT2D eigenvalue weighted by atomic mass is 19.4. The average molecular weight is 511 g/mol. The van der Waals surface area contributed by atoms with E-state index in [1.165, 1.54) is 18.2 Å². The zero-order chi connectivity index (χ0) is 25.8. The normalized spacial score (nSPS) is 19.2. The predicted octanol–water partition coefficient (Wildman–Crippen LogP) is 6.20. The molecule has 1 unspecified atom stereocenters. The third-order valence-electron chi connectivity index (χ3n) is 7.11. The van der Waals surface area contributed by atoms with E-state index in [9.17, 15) is 18.0 Å². The summed E-state index contributed by atoms with van der Waals surface area (Å²) in [5.41, 5.74) is 2.08. The third-order valence-corrected chi connectivity index (χ3v) is 7.11. The SMILES string of the molecule is CCCCCN1C(=O)C2(COc3cc4c(cc32)OCO4)c2c(-c3cccc(OC(F)(F)F)c3)cccc21. The molecule has 1 spiro atoms. The average Bonchev–Trinajstić information content (AvgIpc) is 3.54. The molecule has 0 saturated heterocycles. The summed E-state index contributed by atoms with van der Waals surface area (Å²) in [6.45, 7) is 2.77. The summed E-state index contributed by atoms with van der Waals surface area (Å²) in [5.74, 6) is 1.16. The number of halogens is 3. The van der Waals surface area contributed by atoms with Gasteiger partial charge in [-0.05, 0) is 41.8 Å². The molecular weight excluding hydrogens is 487 g/mol. The molecule has 6 rings (SSSR count). The van der Waals surface area contributed by atoms with Crippen LogP contribution in [0.4, 0.5) is 18.9 Å². The summed E-state index contributed by atoms with van der Waals surface area (Å²) < 4.78 is 60.2. The number of carbonyl (C=O) groups is 1. The van der Waals surface area contributed by atoms with Gasteiger partial charge >= 0.3 is 6.36 Å². The van der Waals surface area contributed by atoms with Gasteiger partial charge in [-0.15, -0.1) is 13.2 Å². The second kappa shape index (κ2) is 8.61. The molecule has 3 heterocycles. The second-order valence-corrected chi connectivity index (χ2v) is 9.33. The molecule has 0 N–H and O–H groups in total. The molecule has 1 amide bonds. The van der Waals surface area contributed by atoms with E-state index in [1.54, 1.807) is 23.1 Å². The number of nitrogens with zero attached hydrogens (tertiary/aromatic N) is 1. The monoisotopic (exact) mass is 511 g/mol. The maximum Gasteiger partial charge on any atom is 0.573 e. The van der Waals surface area contributed by atoms with Crippen molar-refractivity contribution in [1.82, 2.24) is 0 Å². The maximum atomic E-state index is 14.3. The molecule has 3 aliphatic rings. The van der Waals surface area contributed by atoms with Crippen LogP contribution in [-0.4, -0.2) is 32.2 Å². The van der Waals surface area contributed by atoms with Gasteiger partial charge in [-0.1, -0.05) is 44.0 Å². The number of ether oxygens (including phenoxy) is 4. The van der Waals surface area contributed by atoms with Crippen LogP contribution < -0.4 is 23.8 Å². The van der Waals surface area contributed by atoms with Gasteiger partial charge in [0.15, 0.2) is 11.5 Å². The molecule has 37 heavy (non-hydrogen) atoms. The molecule has 0 aromatic heterocycles. The fourth-order valence-corrected chi connectivity index (χ4v) is 5.53. The van der Waals surface area contributed by atoms with Crippen molar-refractivity contribution in [3.8, 4) is 34.1 Å². The molecule has 192 valence electrons. The number of benzene rings is 3. The van der Waals surface area contributed by atoms with Crippen LogP contribution in [0.5, 0.6) is 23.0 Å². The fraction of sp³-hybridized carbons (Fsp3) is 0.321. The van der Waals surface area contributed by atoms with Crippen molar-refractivity contribution in [3.05, 3.63) is 65.7 Å². The molecule has 1 atom stereocenters. The second-order valence-electron chi connectivity index (χ2n) is 9.33. The number of rotatable bonds is 6. The van der Waals surface area contributed by atoms with Crippen LogP contribution in [0.2, 0.25) is 0 Å². The minimum atomic E-state index is -4.81. The van der Waals surface area contributed by atoms with Gasteiger partial charge in [0.1, 0.15) is 23.5 Å². The van der Waals surface area contributed by atoms with Gasteiger partial charge in [-0.3, -0.25) is 4.79 Å². The van der Waals surface area contributed by atoms with Gasteiger partial charge in [0, 0.05) is 29.4 Å². The van der Waals surface area contributed by atoms with E-state index in [0.717, 1.165) is 24.9 Å². The standard InChI is InChI=1S/C28H24F3NO5/c1-2-3-4-11-32-21-10-6-9-19(17-7-5-8-18(12-17)37-28(29,30)31)25(21)27(26(32)33)15-34-22-14-24-23(13-20(22)27)35-16-36-24/h5-10,12-14H,2-4,11,15-16H2,1H3. The van der Waals surface area contributed by atoms with Gasteiger partial charge in [0.2, 0.25) is 12.7 Å². The van der Waals surface area contributed by atoms with Crippen molar-refractivity contribution in [1.29, 1.82) is 0 Å². The number of fused-ring (bicyclic) bond motifs is 5. The topological polar surface area (TPSA) is 57.2 Å². The highest BCUT2D eigenvalue weighted by molar-refractivity contribution is 6.13. The lowest BCUT2D eigenvalue weighted by molar-refractivity contribution is -0.274. The van der Waals surface area contributed by atoms with Crippen LogP contribution >= 0.6 is 0 Å². The molecule has 0 saturated carbocycles. The Bertz CT molecular complexity index is 1390. The Hall–Kier alpha value is -3.88. The Balaban J connectivity index is 1.54. The van der Waals surface area contributed by atoms with Crippen LogP contribution in [-0.2, 0) is 10.2 Å². The molecule has 0 fully saturated rings. The van der Waals surface area contributed by atoms with Crippen molar-refractivity contribution in [2.45, 2.75) is 38.0 Å². The smallest absolute Gasteiger partial charge is 0.491 e. The molecule has 6 nitrogen and oxygen atoms in total. The van der Waals surface area contributed by atoms with Gasteiger partial charge in [0.05, 0.1) is 0 Å². The van der Waals surface area contributed by atoms with Gasteiger partial charge in [0.25, 0.3) is 0 Å². The minimum absolute atomic E-state index is 0.0666. The van der Waals surface area contributed by atoms with E-state index >= 15 is 0 Å². The van der Waals surface area contributed by atoms with E-state index in [2.05, 4.69) is 11.7 Å². The van der Waals surface area contributed by atoms with Crippen LogP contribution in [0.15, 0.2) is 54.6 Å². The molecule has 0 aliphatic carbocycles. The largest absolute Gasteiger partial charge is 0.573 e. The summed E-state index contributed by atoms with van der Waals surface area (Å²) in [4.78, 5) is 16.1. The van der Waals surface area contributed by atoms with E-state index < -0.39 is 11.8 Å². The summed E-state index contributed by atoms with van der Waals surface area (Å²) >= 11 is 0. The predicted molar refractivity (Wildman–Crippen MR) is 129 cm³/mol. The van der Waals surface area contributed by atoms with E-state index in [1.807, 2.05) is 18.2 Å². The first-order chi connectivity index (χ1) is 17.8. The number of unbranched alkanes of at least 4 members (excludes halogenated alkanes) is 2. The Morgan fingerprint density at radius 2 is 1.76 bits per heavy atom. The highest BCUT2D eigenvalue weighted by Crippen LogP contribution is 2.57. The Kier molecular flexibility index (Phi) is 5.47. The van der Waals surface area contributed by atoms with Gasteiger partial charge in [-0.2, -0.15) is 0 Å². The van der Waals surface area contributed by atoms with Crippen molar-refractivity contribution in [2.24, 2.45) is 0 Å². The van der Waals surface area contributed by atoms with E-state index in [-0.39, 0.29) is 25.1 Å². The van der Waals surface area contributed by atoms with Gasteiger partial charge in [-0.25, -0.2) is 0 Å². The van der Waals surface area contributed by atoms with Crippen LogP contribution in [0.1, 0.15) is 37.3 Å². The zero-order valence-electron chi connectivity index (χ0n) is 20.1. The molecule has 9 heteroatoms. The van der Waals surface area contributed by atoms with Crippen molar-refractivity contribution in [2.75, 3.05) is 24.8 Å². The highest BCUT2D eigenvalue weighted by Gasteiger charge is 2.58. The molecule has 0 bridgehead atoms. The summed E-state index contributed by atoms with van der Waals surface area (Å²) in [6, 6.07) is 14.9. The van der Waals surface area contributed by atoms with Crippen molar-refractivity contribution >= 4 is 11.6 Å². The first-order valence-electron chi connectivity index (χ1n) is 12.2. The van der Waals surface area contributed by atoms with Crippen molar-refractivity contribution in [3.63, 3.8) is 0 Å². The van der Waals surface area contributed by atoms with E-state index in [0.29, 0.717) is 46.0 Å². The van der Waals surface area contributed by atoms with Gasteiger partial charge < -0.3 is 23.8 Å². The number of alkyl halides is 3. The zero-order valence-corrected chi connectivity index (χ0v) is 20.1. The number of carbonyl (C=O) groups excluding carboxylic acids is 1. The van der Waals surface area contributed by atoms with E-state index in [4.69, 9.17) is 14.2 Å². The Morgan fingerprint density at radius 1 is 0.973 bits per heavy atom. The van der Waals surface area contributed by atoms with Crippen LogP contribution in [0.3, 0.4) is 0 Å². The summed E-state index contributed by atoms with van der Waals surface area (Å²) in [7, 11) is 0. The molecule has 3 aromatic carbocycles. The maximum absolute atomic E-state index is 14.3. The number of hydrogen-bond donors (Lipinski definition) is 0. The lowest BCUT2D eigenvalue weighted by atomic mass is 9.74. The Labute approximate surface area is 211 Å². The first kappa shape index (κ1) is 23.5. The molecule has 0 radical (unpaired) electrons. The molecular formula is C28H24F3NO5.